The highest BCUT2D eigenvalue weighted by atomic mass is 19.2. The highest BCUT2D eigenvalue weighted by molar-refractivity contribution is 6.04. The van der Waals surface area contributed by atoms with Gasteiger partial charge in [-0.3, -0.25) is 4.79 Å². The Balaban J connectivity index is 2.31. The van der Waals surface area contributed by atoms with Crippen LogP contribution in [0.2, 0.25) is 0 Å². The molecule has 0 radical (unpaired) electrons. The smallest absolute Gasteiger partial charge is 0.258 e. The van der Waals surface area contributed by atoms with Crippen molar-refractivity contribution >= 4 is 11.6 Å². The highest BCUT2D eigenvalue weighted by Crippen LogP contribution is 2.18. The van der Waals surface area contributed by atoms with Crippen molar-refractivity contribution in [3.05, 3.63) is 65.2 Å². The summed E-state index contributed by atoms with van der Waals surface area (Å²) in [7, 11) is 0. The largest absolute Gasteiger partial charge is 0.319 e. The number of para-hydroxylation sites is 1. The van der Waals surface area contributed by atoms with Crippen LogP contribution in [0.25, 0.3) is 0 Å². The first kappa shape index (κ1) is 13.1. The van der Waals surface area contributed by atoms with Crippen LogP contribution in [0.15, 0.2) is 36.4 Å². The third-order valence-electron chi connectivity index (χ3n) is 2.40. The number of amides is 1. The van der Waals surface area contributed by atoms with Gasteiger partial charge in [0.25, 0.3) is 5.91 Å². The van der Waals surface area contributed by atoms with E-state index in [4.69, 9.17) is 0 Å². The minimum absolute atomic E-state index is 0.184. The Labute approximate surface area is 105 Å². The van der Waals surface area contributed by atoms with Crippen molar-refractivity contribution in [2.45, 2.75) is 0 Å². The minimum atomic E-state index is -1.75. The molecule has 98 valence electrons. The van der Waals surface area contributed by atoms with Crippen LogP contribution in [-0.4, -0.2) is 5.91 Å². The molecule has 0 aliphatic carbocycles. The standard InChI is InChI=1S/C13H7F4NO/c14-8-3-1-2-4-10(8)18-13(19)7-5-6-9(15)12(17)11(7)16/h1-6H,(H,18,19). The maximum absolute atomic E-state index is 13.3. The second-order valence-corrected chi connectivity index (χ2v) is 3.66. The maximum atomic E-state index is 13.3. The van der Waals surface area contributed by atoms with Gasteiger partial charge in [-0.05, 0) is 24.3 Å². The number of hydrogen-bond acceptors (Lipinski definition) is 1. The zero-order valence-corrected chi connectivity index (χ0v) is 9.38. The Morgan fingerprint density at radius 3 is 2.21 bits per heavy atom. The first-order valence-electron chi connectivity index (χ1n) is 5.20. The molecular formula is C13H7F4NO. The molecule has 6 heteroatoms. The van der Waals surface area contributed by atoms with E-state index in [2.05, 4.69) is 5.32 Å². The summed E-state index contributed by atoms with van der Waals surface area (Å²) in [6.07, 6.45) is 0. The second-order valence-electron chi connectivity index (χ2n) is 3.66. The number of rotatable bonds is 2. The molecule has 19 heavy (non-hydrogen) atoms. The van der Waals surface area contributed by atoms with Crippen LogP contribution >= 0.6 is 0 Å². The van der Waals surface area contributed by atoms with Crippen LogP contribution in [0, 0.1) is 23.3 Å². The SMILES string of the molecule is O=C(Nc1ccccc1F)c1ccc(F)c(F)c1F. The summed E-state index contributed by atoms with van der Waals surface area (Å²) in [5.74, 6) is -6.56. The van der Waals surface area contributed by atoms with Gasteiger partial charge >= 0.3 is 0 Å². The number of anilines is 1. The number of carbonyl (C=O) groups excluding carboxylic acids is 1. The van der Waals surface area contributed by atoms with Crippen molar-refractivity contribution in [1.82, 2.24) is 0 Å². The van der Waals surface area contributed by atoms with Crippen molar-refractivity contribution in [3.63, 3.8) is 0 Å². The fraction of sp³-hybridized carbons (Fsp3) is 0. The Bertz CT molecular complexity index is 643. The first-order chi connectivity index (χ1) is 9.00. The van der Waals surface area contributed by atoms with E-state index in [1.165, 1.54) is 18.2 Å². The van der Waals surface area contributed by atoms with Gasteiger partial charge in [0.2, 0.25) is 0 Å². The van der Waals surface area contributed by atoms with Gasteiger partial charge in [-0.15, -0.1) is 0 Å². The summed E-state index contributed by atoms with van der Waals surface area (Å²) >= 11 is 0. The van der Waals surface area contributed by atoms with E-state index in [1.807, 2.05) is 0 Å². The normalized spacial score (nSPS) is 10.3. The van der Waals surface area contributed by atoms with Gasteiger partial charge in [0.15, 0.2) is 17.5 Å². The maximum Gasteiger partial charge on any atom is 0.258 e. The topological polar surface area (TPSA) is 29.1 Å². The monoisotopic (exact) mass is 269 g/mol. The molecule has 0 heterocycles. The van der Waals surface area contributed by atoms with E-state index in [0.717, 1.165) is 12.1 Å². The zero-order chi connectivity index (χ0) is 14.0. The quantitative estimate of drug-likeness (QED) is 0.656. The Morgan fingerprint density at radius 1 is 0.842 bits per heavy atom. The molecular weight excluding hydrogens is 262 g/mol. The van der Waals surface area contributed by atoms with E-state index < -0.39 is 34.7 Å². The number of benzene rings is 2. The van der Waals surface area contributed by atoms with Gasteiger partial charge in [-0.25, -0.2) is 17.6 Å². The van der Waals surface area contributed by atoms with Gasteiger partial charge in [0.1, 0.15) is 5.82 Å². The van der Waals surface area contributed by atoms with Crippen molar-refractivity contribution in [2.24, 2.45) is 0 Å². The summed E-state index contributed by atoms with van der Waals surface area (Å²) in [6, 6.07) is 6.62. The summed E-state index contributed by atoms with van der Waals surface area (Å²) in [5.41, 5.74) is -0.890. The van der Waals surface area contributed by atoms with Crippen LogP contribution in [0.1, 0.15) is 10.4 Å². The molecule has 0 aliphatic rings. The predicted molar refractivity (Wildman–Crippen MR) is 60.7 cm³/mol. The van der Waals surface area contributed by atoms with E-state index in [1.54, 1.807) is 0 Å². The average Bonchev–Trinajstić information content (AvgIpc) is 2.39. The fourth-order valence-electron chi connectivity index (χ4n) is 1.45. The average molecular weight is 269 g/mol. The lowest BCUT2D eigenvalue weighted by molar-refractivity contribution is 0.102. The van der Waals surface area contributed by atoms with E-state index in [0.29, 0.717) is 6.07 Å². The Hall–Kier alpha value is -2.37. The second kappa shape index (κ2) is 5.09. The lowest BCUT2D eigenvalue weighted by atomic mass is 10.1. The van der Waals surface area contributed by atoms with Crippen molar-refractivity contribution in [2.75, 3.05) is 5.32 Å². The molecule has 0 aliphatic heterocycles. The van der Waals surface area contributed by atoms with Gasteiger partial charge < -0.3 is 5.32 Å². The first-order valence-corrected chi connectivity index (χ1v) is 5.20. The molecule has 0 saturated heterocycles. The van der Waals surface area contributed by atoms with Crippen molar-refractivity contribution < 1.29 is 22.4 Å². The van der Waals surface area contributed by atoms with E-state index in [9.17, 15) is 22.4 Å². The van der Waals surface area contributed by atoms with Gasteiger partial charge in [-0.1, -0.05) is 12.1 Å². The van der Waals surface area contributed by atoms with E-state index in [-0.39, 0.29) is 5.69 Å². The van der Waals surface area contributed by atoms with Crippen LogP contribution in [0.4, 0.5) is 23.2 Å². The third-order valence-corrected chi connectivity index (χ3v) is 2.40. The van der Waals surface area contributed by atoms with Gasteiger partial charge in [0, 0.05) is 0 Å². The van der Waals surface area contributed by atoms with E-state index >= 15 is 0 Å². The molecule has 2 rings (SSSR count). The molecule has 0 atom stereocenters. The highest BCUT2D eigenvalue weighted by Gasteiger charge is 2.19. The molecule has 0 saturated carbocycles. The summed E-state index contributed by atoms with van der Waals surface area (Å²) in [6.45, 7) is 0. The van der Waals surface area contributed by atoms with Gasteiger partial charge in [0.05, 0.1) is 11.3 Å². The molecule has 2 nitrogen and oxygen atoms in total. The predicted octanol–water partition coefficient (Wildman–Crippen LogP) is 3.50. The number of nitrogens with one attached hydrogen (secondary N) is 1. The number of hydrogen-bond donors (Lipinski definition) is 1. The molecule has 0 unspecified atom stereocenters. The molecule has 1 N–H and O–H groups in total. The van der Waals surface area contributed by atoms with Crippen LogP contribution in [-0.2, 0) is 0 Å². The van der Waals surface area contributed by atoms with Gasteiger partial charge in [-0.2, -0.15) is 0 Å². The van der Waals surface area contributed by atoms with Crippen molar-refractivity contribution in [3.8, 4) is 0 Å². The van der Waals surface area contributed by atoms with Crippen LogP contribution < -0.4 is 5.32 Å². The lowest BCUT2D eigenvalue weighted by Gasteiger charge is -2.07. The molecule has 1 amide bonds. The summed E-state index contributed by atoms with van der Waals surface area (Å²) in [5, 5.41) is 2.07. The zero-order valence-electron chi connectivity index (χ0n) is 9.38. The number of carbonyl (C=O) groups is 1. The molecule has 0 fully saturated rings. The van der Waals surface area contributed by atoms with Crippen LogP contribution in [0.3, 0.4) is 0 Å². The summed E-state index contributed by atoms with van der Waals surface area (Å²) in [4.78, 5) is 11.6. The molecule has 0 bridgehead atoms. The molecule has 2 aromatic carbocycles. The molecule has 0 spiro atoms. The lowest BCUT2D eigenvalue weighted by Crippen LogP contribution is -2.16. The Kier molecular flexibility index (Phi) is 3.50. The fourth-order valence-corrected chi connectivity index (χ4v) is 1.45. The summed E-state index contributed by atoms with van der Waals surface area (Å²) < 4.78 is 52.3. The third kappa shape index (κ3) is 2.57. The molecule has 0 aromatic heterocycles. The van der Waals surface area contributed by atoms with Crippen molar-refractivity contribution in [1.29, 1.82) is 0 Å². The number of halogens is 4. The Morgan fingerprint density at radius 2 is 1.53 bits per heavy atom. The van der Waals surface area contributed by atoms with Crippen LogP contribution in [0.5, 0.6) is 0 Å². The minimum Gasteiger partial charge on any atom is -0.319 e. The molecule has 2 aromatic rings.